The lowest BCUT2D eigenvalue weighted by Crippen LogP contribution is -2.45. The van der Waals surface area contributed by atoms with E-state index in [1.165, 1.54) is 5.56 Å². The van der Waals surface area contributed by atoms with Crippen molar-refractivity contribution < 1.29 is 9.59 Å². The number of aryl methyl sites for hydroxylation is 1. The number of hydrogen-bond acceptors (Lipinski definition) is 3. The van der Waals surface area contributed by atoms with Crippen molar-refractivity contribution in [3.8, 4) is 0 Å². The number of para-hydroxylation sites is 3. The second kappa shape index (κ2) is 8.77. The lowest BCUT2D eigenvalue weighted by molar-refractivity contribution is -0.135. The molecule has 2 aromatic carbocycles. The third-order valence-corrected chi connectivity index (χ3v) is 7.05. The molecule has 3 aromatic rings. The van der Waals surface area contributed by atoms with Gasteiger partial charge in [-0.1, -0.05) is 43.2 Å². The molecule has 2 heterocycles. The molecule has 1 aliphatic heterocycles. The molecule has 166 valence electrons. The van der Waals surface area contributed by atoms with Crippen molar-refractivity contribution in [3.05, 3.63) is 59.9 Å². The molecular weight excluding hydrogens is 400 g/mol. The summed E-state index contributed by atoms with van der Waals surface area (Å²) in [7, 11) is 0. The zero-order valence-corrected chi connectivity index (χ0v) is 18.6. The average Bonchev–Trinajstić information content (AvgIpc) is 3.39. The highest BCUT2D eigenvalue weighted by atomic mass is 16.2. The molecule has 6 heteroatoms. The molecule has 0 bridgehead atoms. The Morgan fingerprint density at radius 2 is 1.78 bits per heavy atom. The number of anilines is 1. The fourth-order valence-corrected chi connectivity index (χ4v) is 5.41. The molecule has 32 heavy (non-hydrogen) atoms. The van der Waals surface area contributed by atoms with Gasteiger partial charge in [0, 0.05) is 31.2 Å². The van der Waals surface area contributed by atoms with Crippen LogP contribution in [0.3, 0.4) is 0 Å². The van der Waals surface area contributed by atoms with E-state index in [2.05, 4.69) is 27.0 Å². The first-order chi connectivity index (χ1) is 15.6. The van der Waals surface area contributed by atoms with E-state index < -0.39 is 0 Å². The van der Waals surface area contributed by atoms with Crippen molar-refractivity contribution in [1.82, 2.24) is 14.9 Å². The first-order valence-corrected chi connectivity index (χ1v) is 11.7. The minimum atomic E-state index is -0.246. The Hall–Kier alpha value is -3.15. The summed E-state index contributed by atoms with van der Waals surface area (Å²) in [4.78, 5) is 33.1. The summed E-state index contributed by atoms with van der Waals surface area (Å²) in [6.45, 7) is 3.91. The van der Waals surface area contributed by atoms with E-state index in [-0.39, 0.29) is 23.7 Å². The highest BCUT2D eigenvalue weighted by Gasteiger charge is 2.39. The Morgan fingerprint density at radius 3 is 2.66 bits per heavy atom. The molecule has 2 atom stereocenters. The van der Waals surface area contributed by atoms with Gasteiger partial charge < -0.3 is 14.8 Å². The van der Waals surface area contributed by atoms with Crippen LogP contribution in [0.1, 0.15) is 37.1 Å². The lowest BCUT2D eigenvalue weighted by atomic mass is 9.77. The van der Waals surface area contributed by atoms with Crippen LogP contribution >= 0.6 is 0 Å². The number of amides is 2. The molecule has 0 saturated heterocycles. The van der Waals surface area contributed by atoms with Gasteiger partial charge in [0.2, 0.25) is 11.8 Å². The van der Waals surface area contributed by atoms with Gasteiger partial charge >= 0.3 is 0 Å². The van der Waals surface area contributed by atoms with Gasteiger partial charge in [-0.25, -0.2) is 4.98 Å². The molecule has 1 N–H and O–H groups in total. The number of imidazole rings is 1. The Kier molecular flexibility index (Phi) is 5.68. The normalized spacial score (nSPS) is 20.3. The summed E-state index contributed by atoms with van der Waals surface area (Å²) in [6.07, 6.45) is 4.48. The predicted molar refractivity (Wildman–Crippen MR) is 125 cm³/mol. The number of fused-ring (bicyclic) bond motifs is 2. The Balaban J connectivity index is 1.25. The van der Waals surface area contributed by atoms with E-state index in [4.69, 9.17) is 0 Å². The molecule has 1 aliphatic carbocycles. The maximum atomic E-state index is 13.5. The van der Waals surface area contributed by atoms with E-state index >= 15 is 0 Å². The molecule has 1 aromatic heterocycles. The third-order valence-electron chi connectivity index (χ3n) is 7.05. The first-order valence-electron chi connectivity index (χ1n) is 11.7. The molecule has 0 spiro atoms. The smallest absolute Gasteiger partial charge is 0.230 e. The minimum Gasteiger partial charge on any atom is -0.354 e. The molecule has 2 aliphatic rings. The highest BCUT2D eigenvalue weighted by molar-refractivity contribution is 5.99. The second-order valence-electron chi connectivity index (χ2n) is 8.96. The summed E-state index contributed by atoms with van der Waals surface area (Å²) in [5.74, 6) is 0.595. The summed E-state index contributed by atoms with van der Waals surface area (Å²) in [6, 6.07) is 16.2. The van der Waals surface area contributed by atoms with Crippen molar-refractivity contribution >= 4 is 28.5 Å². The largest absolute Gasteiger partial charge is 0.354 e. The number of nitrogens with zero attached hydrogens (tertiary/aromatic N) is 3. The minimum absolute atomic E-state index is 0.0117. The van der Waals surface area contributed by atoms with Gasteiger partial charge in [-0.2, -0.15) is 0 Å². The number of nitrogens with one attached hydrogen (secondary N) is 1. The van der Waals surface area contributed by atoms with Crippen LogP contribution in [0.25, 0.3) is 11.0 Å². The van der Waals surface area contributed by atoms with E-state index in [1.54, 1.807) is 0 Å². The van der Waals surface area contributed by atoms with Crippen molar-refractivity contribution in [1.29, 1.82) is 0 Å². The van der Waals surface area contributed by atoms with Gasteiger partial charge in [-0.05, 0) is 49.9 Å². The van der Waals surface area contributed by atoms with Crippen molar-refractivity contribution in [3.63, 3.8) is 0 Å². The van der Waals surface area contributed by atoms with Crippen LogP contribution in [0.4, 0.5) is 5.69 Å². The molecule has 2 amide bonds. The van der Waals surface area contributed by atoms with Gasteiger partial charge in [0.15, 0.2) is 0 Å². The molecule has 0 radical (unpaired) electrons. The number of carbonyl (C=O) groups is 2. The number of carbonyl (C=O) groups excluding carboxylic acids is 2. The van der Waals surface area contributed by atoms with Crippen LogP contribution in [0.15, 0.2) is 48.5 Å². The predicted octanol–water partition coefficient (Wildman–Crippen LogP) is 3.86. The molecule has 0 unspecified atom stereocenters. The lowest BCUT2D eigenvalue weighted by Gasteiger charge is -2.32. The van der Waals surface area contributed by atoms with E-state index in [0.29, 0.717) is 13.1 Å². The third kappa shape index (κ3) is 3.78. The number of benzene rings is 2. The van der Waals surface area contributed by atoms with Crippen molar-refractivity contribution in [2.45, 2.75) is 45.6 Å². The standard InChI is InChI=1S/C26H30N4O2/c1-18-28-22-11-5-7-13-24(22)29(18)17-15-27-25(31)20-9-3-4-10-21(20)26(32)30-16-14-19-8-2-6-12-23(19)30/h2,5-8,11-13,20-21H,3-4,9-10,14-17H2,1H3,(H,27,31)/t20-,21-/m0/s1. The highest BCUT2D eigenvalue weighted by Crippen LogP contribution is 2.35. The van der Waals surface area contributed by atoms with Gasteiger partial charge in [-0.3, -0.25) is 9.59 Å². The molecule has 5 rings (SSSR count). The fraction of sp³-hybridized carbons (Fsp3) is 0.423. The van der Waals surface area contributed by atoms with E-state index in [9.17, 15) is 9.59 Å². The maximum absolute atomic E-state index is 13.5. The van der Waals surface area contributed by atoms with E-state index in [0.717, 1.165) is 61.2 Å². The Labute approximate surface area is 188 Å². The van der Waals surface area contributed by atoms with Gasteiger partial charge in [-0.15, -0.1) is 0 Å². The SMILES string of the molecule is Cc1nc2ccccc2n1CCNC(=O)[C@H]1CCCC[C@@H]1C(=O)N1CCc2ccccc21. The first kappa shape index (κ1) is 20.7. The number of aromatic nitrogens is 2. The molecule has 6 nitrogen and oxygen atoms in total. The number of rotatable bonds is 5. The average molecular weight is 431 g/mol. The van der Waals surface area contributed by atoms with Gasteiger partial charge in [0.1, 0.15) is 5.82 Å². The summed E-state index contributed by atoms with van der Waals surface area (Å²) in [5.41, 5.74) is 4.29. The molecule has 1 fully saturated rings. The monoisotopic (exact) mass is 430 g/mol. The van der Waals surface area contributed by atoms with E-state index in [1.807, 2.05) is 48.2 Å². The zero-order valence-electron chi connectivity index (χ0n) is 18.6. The topological polar surface area (TPSA) is 67.2 Å². The van der Waals surface area contributed by atoms with Crippen LogP contribution < -0.4 is 10.2 Å². The van der Waals surface area contributed by atoms with Crippen LogP contribution in [0.5, 0.6) is 0 Å². The van der Waals surface area contributed by atoms with Gasteiger partial charge in [0.05, 0.1) is 17.0 Å². The fourth-order valence-electron chi connectivity index (χ4n) is 5.41. The Bertz CT molecular complexity index is 1150. The molecular formula is C26H30N4O2. The van der Waals surface area contributed by atoms with Crippen molar-refractivity contribution in [2.75, 3.05) is 18.0 Å². The van der Waals surface area contributed by atoms with Gasteiger partial charge in [0.25, 0.3) is 0 Å². The maximum Gasteiger partial charge on any atom is 0.230 e. The molecule has 1 saturated carbocycles. The van der Waals surface area contributed by atoms with Crippen LogP contribution in [-0.2, 0) is 22.6 Å². The van der Waals surface area contributed by atoms with Crippen molar-refractivity contribution in [2.24, 2.45) is 11.8 Å². The summed E-state index contributed by atoms with van der Waals surface area (Å²) < 4.78 is 2.14. The van der Waals surface area contributed by atoms with Crippen LogP contribution in [-0.4, -0.2) is 34.5 Å². The Morgan fingerprint density at radius 1 is 1.03 bits per heavy atom. The summed E-state index contributed by atoms with van der Waals surface area (Å²) >= 11 is 0. The number of hydrogen-bond donors (Lipinski definition) is 1. The van der Waals surface area contributed by atoms with Crippen LogP contribution in [0.2, 0.25) is 0 Å². The van der Waals surface area contributed by atoms with Crippen LogP contribution in [0, 0.1) is 18.8 Å². The quantitative estimate of drug-likeness (QED) is 0.668. The second-order valence-corrected chi connectivity index (χ2v) is 8.96. The zero-order chi connectivity index (χ0) is 22.1. The summed E-state index contributed by atoms with van der Waals surface area (Å²) in [5, 5.41) is 3.12.